The van der Waals surface area contributed by atoms with Crippen molar-refractivity contribution in [1.82, 2.24) is 10.3 Å². The standard InChI is InChI=1S/C40H44Br2N4O6S/c1-40(24-36(47)45-39-43-14-17-53-39)30-23-34(33(50-2)21-26(30)12-13-44-40)52-16-9-7-5-4-6-8-15-46-32-11-10-27(41)22-28(32)29(38(46)49)18-25-19-31(42)37(48)35(20-25)51-3/h10-11,14,17-23,44,48H,4-9,12-13,15-16,24H2,1-3H3,(H,43,45,47). The number of halogens is 2. The van der Waals surface area contributed by atoms with Gasteiger partial charge < -0.3 is 34.9 Å². The van der Waals surface area contributed by atoms with E-state index in [2.05, 4.69) is 54.4 Å². The van der Waals surface area contributed by atoms with Crippen LogP contribution < -0.4 is 29.7 Å². The molecule has 1 aromatic heterocycles. The third-order valence-electron chi connectivity index (χ3n) is 9.72. The minimum Gasteiger partial charge on any atom is -0.503 e. The quantitative estimate of drug-likeness (QED) is 0.0754. The fourth-order valence-electron chi connectivity index (χ4n) is 7.04. The van der Waals surface area contributed by atoms with Crippen LogP contribution in [0.3, 0.4) is 0 Å². The number of unbranched alkanes of at least 4 members (excludes halogenated alkanes) is 5. The third-order valence-corrected chi connectivity index (χ3v) is 11.5. The molecule has 53 heavy (non-hydrogen) atoms. The second kappa shape index (κ2) is 17.5. The van der Waals surface area contributed by atoms with Crippen LogP contribution in [0.4, 0.5) is 10.8 Å². The highest BCUT2D eigenvalue weighted by Crippen LogP contribution is 2.42. The molecule has 0 bridgehead atoms. The molecule has 3 N–H and O–H groups in total. The lowest BCUT2D eigenvalue weighted by atomic mass is 9.81. The molecule has 2 amide bonds. The number of hydrogen-bond donors (Lipinski definition) is 3. The summed E-state index contributed by atoms with van der Waals surface area (Å²) >= 11 is 8.35. The lowest BCUT2D eigenvalue weighted by Crippen LogP contribution is -2.47. The fraction of sp³-hybridized carbons (Fsp3) is 0.375. The first-order valence-electron chi connectivity index (χ1n) is 17.8. The van der Waals surface area contributed by atoms with Gasteiger partial charge in [0.15, 0.2) is 28.1 Å². The van der Waals surface area contributed by atoms with E-state index in [9.17, 15) is 14.7 Å². The Bertz CT molecular complexity index is 1990. The Labute approximate surface area is 331 Å². The highest BCUT2D eigenvalue weighted by molar-refractivity contribution is 9.10. The average Bonchev–Trinajstić information content (AvgIpc) is 3.73. The van der Waals surface area contributed by atoms with Crippen molar-refractivity contribution in [3.05, 3.63) is 85.2 Å². The first-order chi connectivity index (χ1) is 25.6. The van der Waals surface area contributed by atoms with E-state index in [1.165, 1.54) is 18.4 Å². The number of methoxy groups -OCH3 is 2. The van der Waals surface area contributed by atoms with Gasteiger partial charge in [0.05, 0.1) is 31.0 Å². The number of carbonyl (C=O) groups excluding carboxylic acids is 2. The van der Waals surface area contributed by atoms with Crippen LogP contribution in [-0.2, 0) is 21.5 Å². The first-order valence-corrected chi connectivity index (χ1v) is 20.3. The molecule has 2 aliphatic heterocycles. The smallest absolute Gasteiger partial charge is 0.258 e. The minimum atomic E-state index is -0.548. The van der Waals surface area contributed by atoms with Gasteiger partial charge in [-0.15, -0.1) is 11.3 Å². The Hall–Kier alpha value is -3.91. The molecule has 1 atom stereocenters. The number of aromatic hydroxyl groups is 1. The van der Waals surface area contributed by atoms with Gasteiger partial charge in [-0.25, -0.2) is 4.98 Å². The summed E-state index contributed by atoms with van der Waals surface area (Å²) in [6.07, 6.45) is 10.6. The van der Waals surface area contributed by atoms with Crippen molar-refractivity contribution in [1.29, 1.82) is 0 Å². The number of thiazole rings is 1. The van der Waals surface area contributed by atoms with Crippen molar-refractivity contribution in [2.75, 3.05) is 44.1 Å². The topological polar surface area (TPSA) is 122 Å². The van der Waals surface area contributed by atoms with E-state index in [4.69, 9.17) is 14.2 Å². The summed E-state index contributed by atoms with van der Waals surface area (Å²) in [5, 5.41) is 19.1. The van der Waals surface area contributed by atoms with E-state index in [-0.39, 0.29) is 24.0 Å². The van der Waals surface area contributed by atoms with Crippen LogP contribution in [0.5, 0.6) is 23.0 Å². The van der Waals surface area contributed by atoms with Crippen molar-refractivity contribution >= 4 is 77.5 Å². The lowest BCUT2D eigenvalue weighted by molar-refractivity contribution is -0.117. The maximum absolute atomic E-state index is 13.7. The molecule has 0 spiro atoms. The molecule has 3 heterocycles. The number of benzene rings is 3. The molecule has 3 aromatic carbocycles. The summed E-state index contributed by atoms with van der Waals surface area (Å²) in [5.74, 6) is 1.63. The van der Waals surface area contributed by atoms with E-state index in [0.717, 1.165) is 83.9 Å². The van der Waals surface area contributed by atoms with Crippen molar-refractivity contribution < 1.29 is 28.9 Å². The zero-order valence-electron chi connectivity index (χ0n) is 30.1. The molecule has 1 unspecified atom stereocenters. The van der Waals surface area contributed by atoms with Gasteiger partial charge in [0.1, 0.15) is 0 Å². The number of nitrogens with one attached hydrogen (secondary N) is 2. The highest BCUT2D eigenvalue weighted by Gasteiger charge is 2.36. The Morgan fingerprint density at radius 1 is 1.04 bits per heavy atom. The van der Waals surface area contributed by atoms with Gasteiger partial charge in [-0.1, -0.05) is 41.6 Å². The van der Waals surface area contributed by atoms with Crippen LogP contribution in [0, 0.1) is 0 Å². The van der Waals surface area contributed by atoms with Gasteiger partial charge in [0.2, 0.25) is 5.91 Å². The van der Waals surface area contributed by atoms with Gasteiger partial charge in [-0.3, -0.25) is 9.59 Å². The fourth-order valence-corrected chi connectivity index (χ4v) is 8.41. The Balaban J connectivity index is 0.981. The molecule has 0 aliphatic carbocycles. The summed E-state index contributed by atoms with van der Waals surface area (Å²) in [6, 6.07) is 13.5. The number of aromatic nitrogens is 1. The molecule has 0 saturated heterocycles. The maximum atomic E-state index is 13.7. The Morgan fingerprint density at radius 2 is 1.81 bits per heavy atom. The summed E-state index contributed by atoms with van der Waals surface area (Å²) < 4.78 is 18.7. The zero-order valence-corrected chi connectivity index (χ0v) is 34.1. The van der Waals surface area contributed by atoms with E-state index < -0.39 is 5.54 Å². The second-order valence-electron chi connectivity index (χ2n) is 13.4. The van der Waals surface area contributed by atoms with Crippen LogP contribution in [0.2, 0.25) is 0 Å². The van der Waals surface area contributed by atoms with Crippen molar-refractivity contribution in [2.45, 2.75) is 63.8 Å². The van der Waals surface area contributed by atoms with Gasteiger partial charge in [-0.05, 0) is 107 Å². The molecule has 0 radical (unpaired) electrons. The number of carbonyl (C=O) groups is 2. The molecule has 13 heteroatoms. The summed E-state index contributed by atoms with van der Waals surface area (Å²) in [7, 11) is 3.16. The van der Waals surface area contributed by atoms with Crippen molar-refractivity contribution in [3.8, 4) is 23.0 Å². The summed E-state index contributed by atoms with van der Waals surface area (Å²) in [5.41, 5.74) is 4.79. The number of phenols is 1. The predicted molar refractivity (Wildman–Crippen MR) is 217 cm³/mol. The molecule has 0 fully saturated rings. The Morgan fingerprint density at radius 3 is 2.57 bits per heavy atom. The minimum absolute atomic E-state index is 0.0207. The van der Waals surface area contributed by atoms with Gasteiger partial charge in [0, 0.05) is 52.2 Å². The maximum Gasteiger partial charge on any atom is 0.258 e. The Kier molecular flexibility index (Phi) is 12.8. The van der Waals surface area contributed by atoms with Gasteiger partial charge >= 0.3 is 0 Å². The number of anilines is 2. The number of nitrogens with zero attached hydrogens (tertiary/aromatic N) is 2. The molecule has 2 aliphatic rings. The number of phenolic OH excluding ortho intramolecular Hbond substituents is 1. The SMILES string of the molecule is COc1cc2c(cc1OCCCCCCCCN1C(=O)C(=Cc3cc(Br)c(O)c(OC)c3)c3cc(Br)ccc31)C(C)(CC(=O)Nc1nccs1)NCC2. The second-order valence-corrected chi connectivity index (χ2v) is 16.1. The first kappa shape index (κ1) is 38.8. The molecular weight excluding hydrogens is 824 g/mol. The van der Waals surface area contributed by atoms with Gasteiger partial charge in [0.25, 0.3) is 5.91 Å². The predicted octanol–water partition coefficient (Wildman–Crippen LogP) is 9.09. The van der Waals surface area contributed by atoms with E-state index in [0.29, 0.717) is 45.6 Å². The number of amides is 2. The monoisotopic (exact) mass is 866 g/mol. The number of ether oxygens (including phenoxy) is 3. The van der Waals surface area contributed by atoms with Crippen LogP contribution in [0.25, 0.3) is 11.6 Å². The van der Waals surface area contributed by atoms with Crippen molar-refractivity contribution in [2.24, 2.45) is 0 Å². The molecular formula is C40H44Br2N4O6S. The van der Waals surface area contributed by atoms with Crippen LogP contribution >= 0.6 is 43.2 Å². The highest BCUT2D eigenvalue weighted by atomic mass is 79.9. The van der Waals surface area contributed by atoms with E-state index in [1.807, 2.05) is 46.7 Å². The normalized spacial score (nSPS) is 17.1. The number of rotatable bonds is 16. The number of fused-ring (bicyclic) bond motifs is 2. The van der Waals surface area contributed by atoms with Gasteiger partial charge in [-0.2, -0.15) is 0 Å². The summed E-state index contributed by atoms with van der Waals surface area (Å²) in [4.78, 5) is 32.7. The lowest BCUT2D eigenvalue weighted by Gasteiger charge is -2.37. The molecule has 10 nitrogen and oxygen atoms in total. The number of hydrogen-bond acceptors (Lipinski definition) is 9. The third kappa shape index (κ3) is 9.08. The van der Waals surface area contributed by atoms with Crippen LogP contribution in [0.15, 0.2) is 63.0 Å². The zero-order chi connectivity index (χ0) is 37.5. The van der Waals surface area contributed by atoms with Crippen LogP contribution in [0.1, 0.15) is 74.1 Å². The summed E-state index contributed by atoms with van der Waals surface area (Å²) in [6.45, 7) is 4.03. The van der Waals surface area contributed by atoms with E-state index >= 15 is 0 Å². The van der Waals surface area contributed by atoms with Crippen molar-refractivity contribution in [3.63, 3.8) is 0 Å². The molecule has 280 valence electrons. The van der Waals surface area contributed by atoms with E-state index in [1.54, 1.807) is 25.4 Å². The molecule has 4 aromatic rings. The molecule has 0 saturated carbocycles. The molecule has 6 rings (SSSR count). The van der Waals surface area contributed by atoms with Crippen LogP contribution in [-0.4, -0.2) is 55.8 Å². The average molecular weight is 869 g/mol. The largest absolute Gasteiger partial charge is 0.503 e.